The van der Waals surface area contributed by atoms with E-state index in [0.717, 1.165) is 53.7 Å². The highest BCUT2D eigenvalue weighted by Gasteiger charge is 2.38. The SMILES string of the molecule is C[C@@H]1CCN(C[C@@H](C)Oc2ccc([C@@H]3Oc4ccc(O)cc4[C@@H](C)[C@@H]3c3ccc(O)cc3)cc2)C1. The zero-order chi connectivity index (χ0) is 24.5. The standard InChI is InChI=1S/C30H35NO4/c1-19-14-15-31(17-19)18-20(2)34-26-11-6-23(7-12-26)30-29(22-4-8-24(32)9-5-22)21(3)27-16-25(33)10-13-28(27)35-30/h4-13,16,19-21,29-30,32-33H,14-15,17-18H2,1-3H3/t19-,20-,21-,29-,30+/m1/s1. The fourth-order valence-corrected chi connectivity index (χ4v) is 5.66. The first-order valence-corrected chi connectivity index (χ1v) is 12.6. The van der Waals surface area contributed by atoms with Crippen LogP contribution in [0.2, 0.25) is 0 Å². The third kappa shape index (κ3) is 5.10. The van der Waals surface area contributed by atoms with E-state index in [4.69, 9.17) is 9.47 Å². The molecule has 184 valence electrons. The van der Waals surface area contributed by atoms with Crippen molar-refractivity contribution in [2.75, 3.05) is 19.6 Å². The Morgan fingerprint density at radius 2 is 1.63 bits per heavy atom. The molecule has 0 bridgehead atoms. The summed E-state index contributed by atoms with van der Waals surface area (Å²) in [6, 6.07) is 20.9. The molecule has 0 aromatic heterocycles. The highest BCUT2D eigenvalue weighted by atomic mass is 16.5. The molecular weight excluding hydrogens is 438 g/mol. The molecule has 2 N–H and O–H groups in total. The molecule has 0 saturated carbocycles. The van der Waals surface area contributed by atoms with Gasteiger partial charge in [0.2, 0.25) is 0 Å². The van der Waals surface area contributed by atoms with Gasteiger partial charge in [0, 0.05) is 24.6 Å². The lowest BCUT2D eigenvalue weighted by Gasteiger charge is -2.39. The van der Waals surface area contributed by atoms with Gasteiger partial charge in [-0.3, -0.25) is 4.90 Å². The Bertz CT molecular complexity index is 1140. The number of nitrogens with zero attached hydrogens (tertiary/aromatic N) is 1. The minimum Gasteiger partial charge on any atom is -0.508 e. The maximum absolute atomic E-state index is 10.1. The summed E-state index contributed by atoms with van der Waals surface area (Å²) in [5.41, 5.74) is 3.15. The molecule has 0 radical (unpaired) electrons. The molecule has 0 aliphatic carbocycles. The fourth-order valence-electron chi connectivity index (χ4n) is 5.66. The quantitative estimate of drug-likeness (QED) is 0.444. The van der Waals surface area contributed by atoms with Crippen LogP contribution in [0, 0.1) is 5.92 Å². The summed E-state index contributed by atoms with van der Waals surface area (Å²) in [5, 5.41) is 19.9. The van der Waals surface area contributed by atoms with E-state index in [1.165, 1.54) is 6.42 Å². The highest BCUT2D eigenvalue weighted by Crippen LogP contribution is 2.51. The fraction of sp³-hybridized carbons (Fsp3) is 0.400. The monoisotopic (exact) mass is 473 g/mol. The van der Waals surface area contributed by atoms with Crippen molar-refractivity contribution in [2.24, 2.45) is 5.92 Å². The van der Waals surface area contributed by atoms with Crippen LogP contribution in [-0.2, 0) is 0 Å². The molecular formula is C30H35NO4. The Hall–Kier alpha value is -3.18. The highest BCUT2D eigenvalue weighted by molar-refractivity contribution is 5.48. The van der Waals surface area contributed by atoms with Crippen molar-refractivity contribution in [3.05, 3.63) is 83.4 Å². The lowest BCUT2D eigenvalue weighted by Crippen LogP contribution is -2.32. The minimum atomic E-state index is -0.204. The second-order valence-electron chi connectivity index (χ2n) is 10.3. The van der Waals surface area contributed by atoms with Crippen molar-refractivity contribution in [3.63, 3.8) is 0 Å². The molecule has 5 rings (SSSR count). The number of phenolic OH excluding ortho intramolecular Hbond substituents is 2. The molecule has 5 heteroatoms. The average molecular weight is 474 g/mol. The number of hydrogen-bond acceptors (Lipinski definition) is 5. The van der Waals surface area contributed by atoms with E-state index in [-0.39, 0.29) is 35.5 Å². The summed E-state index contributed by atoms with van der Waals surface area (Å²) >= 11 is 0. The summed E-state index contributed by atoms with van der Waals surface area (Å²) in [5.74, 6) is 3.04. The molecule has 3 aromatic carbocycles. The van der Waals surface area contributed by atoms with Crippen molar-refractivity contribution < 1.29 is 19.7 Å². The second kappa shape index (κ2) is 9.82. The second-order valence-corrected chi connectivity index (χ2v) is 10.3. The molecule has 0 amide bonds. The van der Waals surface area contributed by atoms with Gasteiger partial charge in [0.1, 0.15) is 35.2 Å². The van der Waals surface area contributed by atoms with Gasteiger partial charge in [-0.15, -0.1) is 0 Å². The Balaban J connectivity index is 1.38. The van der Waals surface area contributed by atoms with Gasteiger partial charge in [0.05, 0.1) is 0 Å². The zero-order valence-electron chi connectivity index (χ0n) is 20.7. The molecule has 2 aliphatic heterocycles. The smallest absolute Gasteiger partial charge is 0.131 e. The van der Waals surface area contributed by atoms with E-state index in [2.05, 4.69) is 37.8 Å². The maximum Gasteiger partial charge on any atom is 0.131 e. The van der Waals surface area contributed by atoms with E-state index in [9.17, 15) is 10.2 Å². The lowest BCUT2D eigenvalue weighted by atomic mass is 9.75. The summed E-state index contributed by atoms with van der Waals surface area (Å²) < 4.78 is 12.8. The first-order chi connectivity index (χ1) is 16.9. The van der Waals surface area contributed by atoms with Crippen LogP contribution in [0.1, 0.15) is 61.8 Å². The Morgan fingerprint density at radius 3 is 2.31 bits per heavy atom. The third-order valence-corrected chi connectivity index (χ3v) is 7.45. The largest absolute Gasteiger partial charge is 0.508 e. The minimum absolute atomic E-state index is 0.0211. The summed E-state index contributed by atoms with van der Waals surface area (Å²) in [7, 11) is 0. The van der Waals surface area contributed by atoms with Gasteiger partial charge >= 0.3 is 0 Å². The van der Waals surface area contributed by atoms with E-state index >= 15 is 0 Å². The van der Waals surface area contributed by atoms with Crippen molar-refractivity contribution in [1.29, 1.82) is 0 Å². The van der Waals surface area contributed by atoms with Gasteiger partial charge in [-0.2, -0.15) is 0 Å². The van der Waals surface area contributed by atoms with E-state index in [1.807, 2.05) is 30.3 Å². The topological polar surface area (TPSA) is 62.2 Å². The predicted molar refractivity (Wildman–Crippen MR) is 137 cm³/mol. The Kier molecular flexibility index (Phi) is 6.61. The number of hydrogen-bond donors (Lipinski definition) is 2. The zero-order valence-corrected chi connectivity index (χ0v) is 20.7. The van der Waals surface area contributed by atoms with E-state index in [1.54, 1.807) is 24.3 Å². The number of aromatic hydroxyl groups is 2. The van der Waals surface area contributed by atoms with Crippen LogP contribution in [0.3, 0.4) is 0 Å². The number of phenols is 2. The van der Waals surface area contributed by atoms with Crippen LogP contribution in [0.4, 0.5) is 0 Å². The molecule has 2 heterocycles. The molecule has 0 spiro atoms. The number of rotatable bonds is 6. The summed E-state index contributed by atoms with van der Waals surface area (Å²) in [4.78, 5) is 2.48. The average Bonchev–Trinajstić information content (AvgIpc) is 3.25. The number of ether oxygens (including phenoxy) is 2. The molecule has 0 unspecified atom stereocenters. The molecule has 5 atom stereocenters. The molecule has 35 heavy (non-hydrogen) atoms. The van der Waals surface area contributed by atoms with Gasteiger partial charge in [0.25, 0.3) is 0 Å². The number of fused-ring (bicyclic) bond motifs is 1. The van der Waals surface area contributed by atoms with Gasteiger partial charge < -0.3 is 19.7 Å². The summed E-state index contributed by atoms with van der Waals surface area (Å²) in [6.07, 6.45) is 1.19. The molecule has 2 aliphatic rings. The van der Waals surface area contributed by atoms with Crippen molar-refractivity contribution >= 4 is 0 Å². The molecule has 3 aromatic rings. The maximum atomic E-state index is 10.1. The van der Waals surface area contributed by atoms with Crippen LogP contribution < -0.4 is 9.47 Å². The summed E-state index contributed by atoms with van der Waals surface area (Å²) in [6.45, 7) is 9.87. The Morgan fingerprint density at radius 1 is 0.943 bits per heavy atom. The number of benzene rings is 3. The molecule has 1 saturated heterocycles. The van der Waals surface area contributed by atoms with Crippen LogP contribution in [0.5, 0.6) is 23.0 Å². The van der Waals surface area contributed by atoms with Crippen LogP contribution in [0.15, 0.2) is 66.7 Å². The van der Waals surface area contributed by atoms with Gasteiger partial charge in [-0.25, -0.2) is 0 Å². The van der Waals surface area contributed by atoms with Gasteiger partial charge in [-0.05, 0) is 85.3 Å². The van der Waals surface area contributed by atoms with Crippen molar-refractivity contribution in [2.45, 2.75) is 51.2 Å². The van der Waals surface area contributed by atoms with Crippen LogP contribution >= 0.6 is 0 Å². The number of likely N-dealkylation sites (tertiary alicyclic amines) is 1. The Labute approximate surface area is 207 Å². The molecule has 5 nitrogen and oxygen atoms in total. The first kappa shape index (κ1) is 23.6. The van der Waals surface area contributed by atoms with Gasteiger partial charge in [0.15, 0.2) is 0 Å². The molecule has 1 fully saturated rings. The van der Waals surface area contributed by atoms with Gasteiger partial charge in [-0.1, -0.05) is 38.1 Å². The predicted octanol–water partition coefficient (Wildman–Crippen LogP) is 6.23. The third-order valence-electron chi connectivity index (χ3n) is 7.45. The van der Waals surface area contributed by atoms with Crippen LogP contribution in [-0.4, -0.2) is 40.9 Å². The van der Waals surface area contributed by atoms with Crippen molar-refractivity contribution in [3.8, 4) is 23.0 Å². The van der Waals surface area contributed by atoms with E-state index in [0.29, 0.717) is 0 Å². The van der Waals surface area contributed by atoms with Crippen molar-refractivity contribution in [1.82, 2.24) is 4.90 Å². The lowest BCUT2D eigenvalue weighted by molar-refractivity contribution is 0.136. The normalized spacial score (nSPS) is 25.0. The van der Waals surface area contributed by atoms with E-state index < -0.39 is 0 Å². The first-order valence-electron chi connectivity index (χ1n) is 12.6. The van der Waals surface area contributed by atoms with Crippen LogP contribution in [0.25, 0.3) is 0 Å².